The lowest BCUT2D eigenvalue weighted by molar-refractivity contribution is -0.123. The van der Waals surface area contributed by atoms with Gasteiger partial charge < -0.3 is 15.0 Å². The summed E-state index contributed by atoms with van der Waals surface area (Å²) < 4.78 is 5.72. The van der Waals surface area contributed by atoms with Gasteiger partial charge in [-0.25, -0.2) is 0 Å². The number of hydrogen-bond donors (Lipinski definition) is 1. The fraction of sp³-hybridized carbons (Fsp3) is 0.412. The second-order valence-electron chi connectivity index (χ2n) is 5.88. The summed E-state index contributed by atoms with van der Waals surface area (Å²) in [7, 11) is 2.10. The van der Waals surface area contributed by atoms with Crippen LogP contribution in [0, 0.1) is 0 Å². The molecule has 1 N–H and O–H groups in total. The molecule has 122 valence electrons. The largest absolute Gasteiger partial charge is 0.368 e. The average molecular weight is 334 g/mol. The van der Waals surface area contributed by atoms with Crippen LogP contribution in [0.25, 0.3) is 10.8 Å². The molecule has 2 heterocycles. The van der Waals surface area contributed by atoms with E-state index in [0.717, 1.165) is 36.7 Å². The monoisotopic (exact) mass is 333 g/mol. The highest BCUT2D eigenvalue weighted by atomic mass is 35.5. The number of likely N-dealkylation sites (tertiary alicyclic amines) is 1. The predicted molar refractivity (Wildman–Crippen MR) is 91.9 cm³/mol. The van der Waals surface area contributed by atoms with Crippen molar-refractivity contribution in [2.45, 2.75) is 18.9 Å². The number of fused-ring (bicyclic) bond motifs is 1. The Morgan fingerprint density at radius 1 is 1.35 bits per heavy atom. The van der Waals surface area contributed by atoms with E-state index in [4.69, 9.17) is 16.3 Å². The summed E-state index contributed by atoms with van der Waals surface area (Å²) in [5.74, 6) is -0.156. The number of benzene rings is 1. The molecular weight excluding hydrogens is 314 g/mol. The molecule has 0 radical (unpaired) electrons. The molecule has 1 saturated heterocycles. The molecule has 6 heteroatoms. The lowest BCUT2D eigenvalue weighted by Gasteiger charge is -2.28. The van der Waals surface area contributed by atoms with Crippen molar-refractivity contribution in [2.24, 2.45) is 0 Å². The van der Waals surface area contributed by atoms with E-state index in [0.29, 0.717) is 10.7 Å². The summed E-state index contributed by atoms with van der Waals surface area (Å²) in [4.78, 5) is 18.5. The number of aromatic nitrogens is 1. The lowest BCUT2D eigenvalue weighted by atomic mass is 10.1. The minimum atomic E-state index is -0.156. The van der Waals surface area contributed by atoms with Gasteiger partial charge >= 0.3 is 0 Å². The summed E-state index contributed by atoms with van der Waals surface area (Å²) in [6.45, 7) is 2.10. The molecule has 0 bridgehead atoms. The minimum absolute atomic E-state index is 0.0682. The number of carbonyl (C=O) groups excluding carboxylic acids is 1. The highest BCUT2D eigenvalue weighted by Gasteiger charge is 2.18. The molecule has 1 aromatic carbocycles. The Morgan fingerprint density at radius 2 is 2.13 bits per heavy atom. The summed E-state index contributed by atoms with van der Waals surface area (Å²) in [5, 5.41) is 5.23. The van der Waals surface area contributed by atoms with Gasteiger partial charge in [0.05, 0.1) is 11.8 Å². The molecule has 3 rings (SSSR count). The van der Waals surface area contributed by atoms with Crippen LogP contribution in [0.1, 0.15) is 12.8 Å². The molecule has 5 nitrogen and oxygen atoms in total. The van der Waals surface area contributed by atoms with E-state index in [1.54, 1.807) is 24.5 Å². The number of hydrogen-bond acceptors (Lipinski definition) is 4. The Kier molecular flexibility index (Phi) is 5.10. The van der Waals surface area contributed by atoms with Gasteiger partial charge in [0.1, 0.15) is 6.61 Å². The van der Waals surface area contributed by atoms with E-state index in [9.17, 15) is 4.79 Å². The van der Waals surface area contributed by atoms with Gasteiger partial charge in [-0.3, -0.25) is 9.78 Å². The fourth-order valence-electron chi connectivity index (χ4n) is 2.79. The fourth-order valence-corrected chi connectivity index (χ4v) is 3.02. The van der Waals surface area contributed by atoms with E-state index in [1.165, 1.54) is 0 Å². The number of nitrogens with one attached hydrogen (secondary N) is 1. The Balaban J connectivity index is 1.61. The second kappa shape index (κ2) is 7.25. The Hall–Kier alpha value is -1.69. The molecule has 23 heavy (non-hydrogen) atoms. The number of carbonyl (C=O) groups is 1. The number of piperidine rings is 1. The van der Waals surface area contributed by atoms with Crippen LogP contribution in [-0.2, 0) is 9.53 Å². The van der Waals surface area contributed by atoms with Crippen LogP contribution in [0.3, 0.4) is 0 Å². The van der Waals surface area contributed by atoms with Crippen molar-refractivity contribution in [1.82, 2.24) is 9.88 Å². The third-order valence-electron chi connectivity index (χ3n) is 4.15. The Labute approximate surface area is 140 Å². The van der Waals surface area contributed by atoms with Crippen LogP contribution in [-0.4, -0.2) is 48.6 Å². The van der Waals surface area contributed by atoms with Crippen molar-refractivity contribution >= 4 is 34.0 Å². The average Bonchev–Trinajstić information content (AvgIpc) is 2.57. The number of rotatable bonds is 4. The number of nitrogens with zero attached hydrogens (tertiary/aromatic N) is 2. The second-order valence-corrected chi connectivity index (χ2v) is 6.29. The van der Waals surface area contributed by atoms with Gasteiger partial charge in [-0.15, -0.1) is 0 Å². The molecule has 0 spiro atoms. The van der Waals surface area contributed by atoms with Gasteiger partial charge in [0, 0.05) is 41.3 Å². The molecule has 0 atom stereocenters. The van der Waals surface area contributed by atoms with Crippen molar-refractivity contribution in [2.75, 3.05) is 32.1 Å². The van der Waals surface area contributed by atoms with Crippen molar-refractivity contribution in [3.63, 3.8) is 0 Å². The molecule has 1 aliphatic heterocycles. The SMILES string of the molecule is CN1CCC(OCC(=O)Nc2ccc(Cl)c3ccncc23)CC1. The normalized spacial score (nSPS) is 16.6. The van der Waals surface area contributed by atoms with Crippen LogP contribution >= 0.6 is 11.6 Å². The van der Waals surface area contributed by atoms with Crippen molar-refractivity contribution in [3.05, 3.63) is 35.6 Å². The summed E-state index contributed by atoms with van der Waals surface area (Å²) in [5.41, 5.74) is 0.703. The summed E-state index contributed by atoms with van der Waals surface area (Å²) >= 11 is 6.17. The molecular formula is C17H20ClN3O2. The van der Waals surface area contributed by atoms with Crippen molar-refractivity contribution in [1.29, 1.82) is 0 Å². The van der Waals surface area contributed by atoms with Crippen LogP contribution in [0.4, 0.5) is 5.69 Å². The standard InChI is InChI=1S/C17H20ClN3O2/c1-21-8-5-12(6-9-21)23-11-17(22)20-16-3-2-15(18)13-4-7-19-10-14(13)16/h2-4,7,10,12H,5-6,8-9,11H2,1H3,(H,20,22). The molecule has 0 unspecified atom stereocenters. The minimum Gasteiger partial charge on any atom is -0.368 e. The zero-order valence-electron chi connectivity index (χ0n) is 13.1. The maximum atomic E-state index is 12.1. The first-order chi connectivity index (χ1) is 11.1. The van der Waals surface area contributed by atoms with E-state index >= 15 is 0 Å². The zero-order valence-corrected chi connectivity index (χ0v) is 13.8. The van der Waals surface area contributed by atoms with Gasteiger partial charge in [-0.1, -0.05) is 11.6 Å². The molecule has 1 fully saturated rings. The van der Waals surface area contributed by atoms with E-state index < -0.39 is 0 Å². The van der Waals surface area contributed by atoms with Gasteiger partial charge in [-0.2, -0.15) is 0 Å². The number of amides is 1. The maximum Gasteiger partial charge on any atom is 0.250 e. The van der Waals surface area contributed by atoms with Gasteiger partial charge in [-0.05, 0) is 38.1 Å². The van der Waals surface area contributed by atoms with Crippen molar-refractivity contribution in [3.8, 4) is 0 Å². The first-order valence-electron chi connectivity index (χ1n) is 7.75. The number of halogens is 1. The summed E-state index contributed by atoms with van der Waals surface area (Å²) in [6, 6.07) is 5.40. The molecule has 0 saturated carbocycles. The zero-order chi connectivity index (χ0) is 16.2. The number of ether oxygens (including phenoxy) is 1. The van der Waals surface area contributed by atoms with E-state index in [2.05, 4.69) is 22.2 Å². The first-order valence-corrected chi connectivity index (χ1v) is 8.13. The molecule has 1 aromatic heterocycles. The first kappa shape index (κ1) is 16.2. The Bertz CT molecular complexity index is 699. The highest BCUT2D eigenvalue weighted by molar-refractivity contribution is 6.36. The summed E-state index contributed by atoms with van der Waals surface area (Å²) in [6.07, 6.45) is 5.49. The molecule has 1 aliphatic rings. The predicted octanol–water partition coefficient (Wildman–Crippen LogP) is 2.94. The van der Waals surface area contributed by atoms with Crippen LogP contribution in [0.2, 0.25) is 5.02 Å². The molecule has 2 aromatic rings. The van der Waals surface area contributed by atoms with Crippen LogP contribution in [0.5, 0.6) is 0 Å². The molecule has 1 amide bonds. The third kappa shape index (κ3) is 3.99. The van der Waals surface area contributed by atoms with Crippen LogP contribution in [0.15, 0.2) is 30.6 Å². The Morgan fingerprint density at radius 3 is 2.91 bits per heavy atom. The van der Waals surface area contributed by atoms with E-state index in [-0.39, 0.29) is 18.6 Å². The molecule has 0 aliphatic carbocycles. The lowest BCUT2D eigenvalue weighted by Crippen LogP contribution is -2.35. The number of anilines is 1. The maximum absolute atomic E-state index is 12.1. The van der Waals surface area contributed by atoms with Gasteiger partial charge in [0.2, 0.25) is 5.91 Å². The smallest absolute Gasteiger partial charge is 0.250 e. The van der Waals surface area contributed by atoms with E-state index in [1.807, 2.05) is 6.07 Å². The quantitative estimate of drug-likeness (QED) is 0.934. The highest BCUT2D eigenvalue weighted by Crippen LogP contribution is 2.28. The third-order valence-corrected chi connectivity index (χ3v) is 4.48. The topological polar surface area (TPSA) is 54.5 Å². The van der Waals surface area contributed by atoms with Crippen molar-refractivity contribution < 1.29 is 9.53 Å². The number of pyridine rings is 1. The van der Waals surface area contributed by atoms with Gasteiger partial charge in [0.25, 0.3) is 0 Å². The van der Waals surface area contributed by atoms with Crippen LogP contribution < -0.4 is 5.32 Å². The van der Waals surface area contributed by atoms with Gasteiger partial charge in [0.15, 0.2) is 0 Å².